The highest BCUT2D eigenvalue weighted by Crippen LogP contribution is 2.28. The zero-order valence-corrected chi connectivity index (χ0v) is 19.0. The number of carbonyl (C=O) groups is 1. The molecule has 1 fully saturated rings. The van der Waals surface area contributed by atoms with Crippen LogP contribution in [0, 0.1) is 0 Å². The Kier molecular flexibility index (Phi) is 5.42. The van der Waals surface area contributed by atoms with Crippen molar-refractivity contribution in [2.24, 2.45) is 0 Å². The Bertz CT molecular complexity index is 1550. The number of hydrogen-bond acceptors (Lipinski definition) is 5. The molecule has 2 aromatic heterocycles. The predicted octanol–water partition coefficient (Wildman–Crippen LogP) is 5.60. The van der Waals surface area contributed by atoms with Gasteiger partial charge < -0.3 is 10.6 Å². The zero-order valence-electron chi connectivity index (χ0n) is 19.0. The van der Waals surface area contributed by atoms with Gasteiger partial charge in [-0.25, -0.2) is 9.97 Å². The van der Waals surface area contributed by atoms with Gasteiger partial charge in [-0.1, -0.05) is 36.4 Å². The quantitative estimate of drug-likeness (QED) is 0.287. The van der Waals surface area contributed by atoms with Crippen LogP contribution in [0.1, 0.15) is 24.8 Å². The molecule has 1 saturated carbocycles. The van der Waals surface area contributed by atoms with E-state index in [0.717, 1.165) is 57.3 Å². The Morgan fingerprint density at radius 2 is 1.86 bits per heavy atom. The smallest absolute Gasteiger partial charge is 0.244 e. The molecule has 0 radical (unpaired) electrons. The van der Waals surface area contributed by atoms with Gasteiger partial charge in [-0.15, -0.1) is 0 Å². The van der Waals surface area contributed by atoms with Crippen molar-refractivity contribution in [1.29, 1.82) is 0 Å². The van der Waals surface area contributed by atoms with Gasteiger partial charge in [-0.2, -0.15) is 5.10 Å². The molecule has 35 heavy (non-hydrogen) atoms. The largest absolute Gasteiger partial charge is 0.350 e. The molecule has 1 amide bonds. The molecule has 0 saturated heterocycles. The third-order valence-electron chi connectivity index (χ3n) is 6.35. The highest BCUT2D eigenvalue weighted by molar-refractivity contribution is 5.94. The average molecular weight is 461 g/mol. The minimum atomic E-state index is -0.0408. The maximum atomic E-state index is 12.0. The topological polar surface area (TPSA) is 95.6 Å². The zero-order chi connectivity index (χ0) is 23.6. The van der Waals surface area contributed by atoms with Gasteiger partial charge in [0.05, 0.1) is 17.2 Å². The first kappa shape index (κ1) is 21.0. The Balaban J connectivity index is 1.27. The Labute approximate surface area is 202 Å². The number of hydrogen-bond donors (Lipinski definition) is 3. The number of anilines is 2. The van der Waals surface area contributed by atoms with Crippen LogP contribution in [0.15, 0.2) is 79.0 Å². The fourth-order valence-corrected chi connectivity index (χ4v) is 4.18. The Morgan fingerprint density at radius 3 is 2.69 bits per heavy atom. The summed E-state index contributed by atoms with van der Waals surface area (Å²) in [4.78, 5) is 21.7. The monoisotopic (exact) mass is 460 g/mol. The van der Waals surface area contributed by atoms with Gasteiger partial charge in [0.1, 0.15) is 5.82 Å². The van der Waals surface area contributed by atoms with Crippen LogP contribution in [0.2, 0.25) is 0 Å². The Morgan fingerprint density at radius 1 is 1.00 bits per heavy atom. The van der Waals surface area contributed by atoms with Crippen LogP contribution >= 0.6 is 0 Å². The minimum absolute atomic E-state index is 0.0408. The predicted molar refractivity (Wildman–Crippen MR) is 139 cm³/mol. The number of nitrogens with zero attached hydrogens (tertiary/aromatic N) is 3. The standard InChI is InChI=1S/C28H24N6O/c35-26(30-21-4-3-5-21)15-10-18-8-11-19(12-9-18)27-32-25-7-2-1-6-23(25)28(33-27)31-22-13-14-24-20(16-22)17-29-34-24/h1-2,6-17,21H,3-5H2,(H,29,34)(H,30,35)(H,31,32,33). The van der Waals surface area contributed by atoms with Gasteiger partial charge >= 0.3 is 0 Å². The van der Waals surface area contributed by atoms with Crippen LogP contribution in [-0.4, -0.2) is 32.1 Å². The van der Waals surface area contributed by atoms with E-state index in [2.05, 4.69) is 20.8 Å². The maximum Gasteiger partial charge on any atom is 0.244 e. The van der Waals surface area contributed by atoms with E-state index in [-0.39, 0.29) is 5.91 Å². The molecule has 7 nitrogen and oxygen atoms in total. The second-order valence-electron chi connectivity index (χ2n) is 8.80. The number of H-pyrrole nitrogens is 1. The molecule has 1 aliphatic carbocycles. The lowest BCUT2D eigenvalue weighted by Crippen LogP contribution is -2.38. The van der Waals surface area contributed by atoms with Gasteiger partial charge in [0.2, 0.25) is 5.91 Å². The summed E-state index contributed by atoms with van der Waals surface area (Å²) in [6.07, 6.45) is 8.58. The van der Waals surface area contributed by atoms with Gasteiger partial charge in [0, 0.05) is 34.1 Å². The summed E-state index contributed by atoms with van der Waals surface area (Å²) >= 11 is 0. The van der Waals surface area contributed by atoms with Crippen LogP contribution in [0.3, 0.4) is 0 Å². The summed E-state index contributed by atoms with van der Waals surface area (Å²) in [7, 11) is 0. The number of aromatic nitrogens is 4. The van der Waals surface area contributed by atoms with E-state index >= 15 is 0 Å². The van der Waals surface area contributed by atoms with E-state index in [0.29, 0.717) is 11.9 Å². The van der Waals surface area contributed by atoms with Crippen LogP contribution < -0.4 is 10.6 Å². The molecule has 0 unspecified atom stereocenters. The van der Waals surface area contributed by atoms with Crippen molar-refractivity contribution in [1.82, 2.24) is 25.5 Å². The molecule has 7 heteroatoms. The molecule has 3 N–H and O–H groups in total. The molecule has 0 aliphatic heterocycles. The van der Waals surface area contributed by atoms with Crippen molar-refractivity contribution in [2.75, 3.05) is 5.32 Å². The second kappa shape index (κ2) is 9.02. The van der Waals surface area contributed by atoms with Crippen molar-refractivity contribution >= 4 is 45.3 Å². The van der Waals surface area contributed by atoms with Crippen molar-refractivity contribution in [3.05, 3.63) is 84.6 Å². The van der Waals surface area contributed by atoms with Gasteiger partial charge in [-0.05, 0) is 61.2 Å². The van der Waals surface area contributed by atoms with E-state index in [1.54, 1.807) is 12.3 Å². The summed E-state index contributed by atoms with van der Waals surface area (Å²) in [6, 6.07) is 22.2. The van der Waals surface area contributed by atoms with E-state index in [1.165, 1.54) is 6.42 Å². The van der Waals surface area contributed by atoms with Crippen molar-refractivity contribution < 1.29 is 4.79 Å². The molecule has 5 aromatic rings. The minimum Gasteiger partial charge on any atom is -0.350 e. The normalized spacial score (nSPS) is 13.8. The number of nitrogens with one attached hydrogen (secondary N) is 3. The number of amides is 1. The number of aromatic amines is 1. The molecule has 3 aromatic carbocycles. The van der Waals surface area contributed by atoms with Crippen LogP contribution in [-0.2, 0) is 4.79 Å². The van der Waals surface area contributed by atoms with Crippen LogP contribution in [0.25, 0.3) is 39.3 Å². The second-order valence-corrected chi connectivity index (χ2v) is 8.80. The van der Waals surface area contributed by atoms with E-state index in [4.69, 9.17) is 9.97 Å². The first-order chi connectivity index (χ1) is 17.2. The molecule has 0 atom stereocenters. The maximum absolute atomic E-state index is 12.0. The van der Waals surface area contributed by atoms with Crippen molar-refractivity contribution in [2.45, 2.75) is 25.3 Å². The highest BCUT2D eigenvalue weighted by atomic mass is 16.1. The third kappa shape index (κ3) is 4.48. The molecular weight excluding hydrogens is 436 g/mol. The first-order valence-electron chi connectivity index (χ1n) is 11.8. The van der Waals surface area contributed by atoms with Gasteiger partial charge in [-0.3, -0.25) is 9.89 Å². The fourth-order valence-electron chi connectivity index (χ4n) is 4.18. The number of fused-ring (bicyclic) bond motifs is 2. The fraction of sp³-hybridized carbons (Fsp3) is 0.143. The van der Waals surface area contributed by atoms with E-state index in [1.807, 2.05) is 72.8 Å². The number of carbonyl (C=O) groups excluding carboxylic acids is 1. The van der Waals surface area contributed by atoms with Gasteiger partial charge in [0.25, 0.3) is 0 Å². The molecule has 0 bridgehead atoms. The number of para-hydroxylation sites is 1. The van der Waals surface area contributed by atoms with Crippen LogP contribution in [0.4, 0.5) is 11.5 Å². The molecule has 172 valence electrons. The lowest BCUT2D eigenvalue weighted by molar-refractivity contribution is -0.117. The summed E-state index contributed by atoms with van der Waals surface area (Å²) in [5.41, 5.74) is 4.62. The lowest BCUT2D eigenvalue weighted by atomic mass is 9.93. The first-order valence-corrected chi connectivity index (χ1v) is 11.8. The van der Waals surface area contributed by atoms with Gasteiger partial charge in [0.15, 0.2) is 5.82 Å². The van der Waals surface area contributed by atoms with E-state index in [9.17, 15) is 4.79 Å². The lowest BCUT2D eigenvalue weighted by Gasteiger charge is -2.25. The molecule has 0 spiro atoms. The molecule has 1 aliphatic rings. The highest BCUT2D eigenvalue weighted by Gasteiger charge is 2.18. The van der Waals surface area contributed by atoms with E-state index < -0.39 is 0 Å². The molecular formula is C28H24N6O. The van der Waals surface area contributed by atoms with Crippen molar-refractivity contribution in [3.63, 3.8) is 0 Å². The summed E-state index contributed by atoms with van der Waals surface area (Å²) in [6.45, 7) is 0. The third-order valence-corrected chi connectivity index (χ3v) is 6.35. The summed E-state index contributed by atoms with van der Waals surface area (Å²) in [5, 5.41) is 15.5. The summed E-state index contributed by atoms with van der Waals surface area (Å²) in [5.74, 6) is 1.33. The molecule has 6 rings (SSSR count). The average Bonchev–Trinajstić information content (AvgIpc) is 3.33. The SMILES string of the molecule is O=C(C=Cc1ccc(-c2nc(Nc3ccc4[nH]ncc4c3)c3ccccc3n2)cc1)NC1CCC1. The Hall–Kier alpha value is -4.52. The number of rotatable bonds is 6. The molecule has 2 heterocycles. The summed E-state index contributed by atoms with van der Waals surface area (Å²) < 4.78 is 0. The van der Waals surface area contributed by atoms with Crippen LogP contribution in [0.5, 0.6) is 0 Å². The van der Waals surface area contributed by atoms with Crippen molar-refractivity contribution in [3.8, 4) is 11.4 Å². The number of benzene rings is 3.